The number of halogens is 2. The average molecular weight is 424 g/mol. The molecule has 150 valence electrons. The van der Waals surface area contributed by atoms with Gasteiger partial charge in [-0.15, -0.1) is 0 Å². The fraction of sp³-hybridized carbons (Fsp3) is 0.381. The van der Waals surface area contributed by atoms with Crippen LogP contribution in [0.5, 0.6) is 11.5 Å². The Kier molecular flexibility index (Phi) is 6.70. The topological polar surface area (TPSA) is 59.0 Å². The Balaban J connectivity index is 2.07. The predicted molar refractivity (Wildman–Crippen MR) is 110 cm³/mol. The van der Waals surface area contributed by atoms with Crippen molar-refractivity contribution in [2.75, 3.05) is 27.3 Å². The molecule has 0 radical (unpaired) electrons. The molecule has 0 aliphatic carbocycles. The molecule has 3 rings (SSSR count). The van der Waals surface area contributed by atoms with Crippen LogP contribution in [0.25, 0.3) is 0 Å². The second kappa shape index (κ2) is 9.03. The Bertz CT molecular complexity index is 850. The van der Waals surface area contributed by atoms with Gasteiger partial charge in [-0.3, -0.25) is 9.69 Å². The van der Waals surface area contributed by atoms with Crippen LogP contribution in [-0.2, 0) is 4.79 Å². The van der Waals surface area contributed by atoms with Gasteiger partial charge in [0.25, 0.3) is 0 Å². The van der Waals surface area contributed by atoms with Crippen LogP contribution < -0.4 is 9.47 Å². The molecule has 2 aromatic rings. The summed E-state index contributed by atoms with van der Waals surface area (Å²) in [6.45, 7) is 1.28. The quantitative estimate of drug-likeness (QED) is 0.715. The summed E-state index contributed by atoms with van der Waals surface area (Å²) in [6.07, 6.45) is 1.17. The van der Waals surface area contributed by atoms with Crippen LogP contribution >= 0.6 is 23.2 Å². The Morgan fingerprint density at radius 3 is 2.39 bits per heavy atom. The molecule has 28 heavy (non-hydrogen) atoms. The van der Waals surface area contributed by atoms with Gasteiger partial charge in [-0.1, -0.05) is 41.4 Å². The Morgan fingerprint density at radius 1 is 1.11 bits per heavy atom. The van der Waals surface area contributed by atoms with Crippen molar-refractivity contribution < 1.29 is 19.4 Å². The largest absolute Gasteiger partial charge is 0.493 e. The minimum Gasteiger partial charge on any atom is -0.493 e. The highest BCUT2D eigenvalue weighted by Crippen LogP contribution is 2.43. The van der Waals surface area contributed by atoms with E-state index in [4.69, 9.17) is 32.7 Å². The summed E-state index contributed by atoms with van der Waals surface area (Å²) in [5.74, 6) is 0.223. The van der Waals surface area contributed by atoms with Crippen molar-refractivity contribution in [3.63, 3.8) is 0 Å². The molecule has 1 N–H and O–H groups in total. The van der Waals surface area contributed by atoms with Gasteiger partial charge in [-0.2, -0.15) is 0 Å². The highest BCUT2D eigenvalue weighted by molar-refractivity contribution is 6.35. The van der Waals surface area contributed by atoms with Crippen molar-refractivity contribution in [2.24, 2.45) is 5.92 Å². The SMILES string of the molecule is COc1cccc(C(c2ccc(Cl)cc2Cl)N2CCC(C(=O)O)CC2)c1OC. The Morgan fingerprint density at radius 2 is 1.82 bits per heavy atom. The summed E-state index contributed by atoms with van der Waals surface area (Å²) in [6, 6.07) is 11.0. The van der Waals surface area contributed by atoms with Gasteiger partial charge in [0.1, 0.15) is 0 Å². The monoisotopic (exact) mass is 423 g/mol. The number of rotatable bonds is 6. The number of carbonyl (C=O) groups is 1. The zero-order chi connectivity index (χ0) is 20.3. The summed E-state index contributed by atoms with van der Waals surface area (Å²) in [5.41, 5.74) is 1.81. The average Bonchev–Trinajstić information content (AvgIpc) is 2.69. The van der Waals surface area contributed by atoms with E-state index in [0.717, 1.165) is 11.1 Å². The number of ether oxygens (including phenoxy) is 2. The van der Waals surface area contributed by atoms with Gasteiger partial charge in [-0.25, -0.2) is 0 Å². The second-order valence-corrected chi connectivity index (χ2v) is 7.64. The van der Waals surface area contributed by atoms with Gasteiger partial charge in [0, 0.05) is 15.6 Å². The number of para-hydroxylation sites is 1. The van der Waals surface area contributed by atoms with Crippen LogP contribution in [0.2, 0.25) is 10.0 Å². The molecule has 1 heterocycles. The normalized spacial score (nSPS) is 16.6. The first-order valence-electron chi connectivity index (χ1n) is 9.09. The number of aliphatic carboxylic acids is 1. The number of benzene rings is 2. The minimum atomic E-state index is -0.736. The van der Waals surface area contributed by atoms with E-state index in [-0.39, 0.29) is 12.0 Å². The number of hydrogen-bond acceptors (Lipinski definition) is 4. The number of piperidine rings is 1. The molecule has 1 aliphatic heterocycles. The van der Waals surface area contributed by atoms with Crippen LogP contribution in [0.1, 0.15) is 30.0 Å². The minimum absolute atomic E-state index is 0.204. The van der Waals surface area contributed by atoms with Gasteiger partial charge in [0.05, 0.1) is 26.2 Å². The molecule has 0 aromatic heterocycles. The van der Waals surface area contributed by atoms with E-state index in [1.165, 1.54) is 0 Å². The zero-order valence-electron chi connectivity index (χ0n) is 15.8. The second-order valence-electron chi connectivity index (χ2n) is 6.80. The third kappa shape index (κ3) is 4.22. The molecule has 1 saturated heterocycles. The molecule has 7 heteroatoms. The maximum absolute atomic E-state index is 11.4. The summed E-state index contributed by atoms with van der Waals surface area (Å²) in [5, 5.41) is 10.5. The smallest absolute Gasteiger partial charge is 0.306 e. The highest BCUT2D eigenvalue weighted by atomic mass is 35.5. The van der Waals surface area contributed by atoms with Crippen molar-refractivity contribution >= 4 is 29.2 Å². The van der Waals surface area contributed by atoms with Crippen molar-refractivity contribution in [2.45, 2.75) is 18.9 Å². The third-order valence-corrected chi connectivity index (χ3v) is 5.79. The van der Waals surface area contributed by atoms with E-state index < -0.39 is 5.97 Å². The number of likely N-dealkylation sites (tertiary alicyclic amines) is 1. The van der Waals surface area contributed by atoms with E-state index in [1.54, 1.807) is 20.3 Å². The summed E-state index contributed by atoms with van der Waals surface area (Å²) < 4.78 is 11.1. The fourth-order valence-electron chi connectivity index (χ4n) is 3.82. The van der Waals surface area contributed by atoms with Gasteiger partial charge < -0.3 is 14.6 Å². The number of methoxy groups -OCH3 is 2. The molecule has 5 nitrogen and oxygen atoms in total. The molecule has 0 amide bonds. The predicted octanol–water partition coefficient (Wildman–Crippen LogP) is 4.90. The third-order valence-electron chi connectivity index (χ3n) is 5.23. The Hall–Kier alpha value is -1.95. The van der Waals surface area contributed by atoms with Gasteiger partial charge >= 0.3 is 5.97 Å². The molecule has 0 spiro atoms. The van der Waals surface area contributed by atoms with Crippen molar-refractivity contribution in [1.82, 2.24) is 4.90 Å². The molecule has 1 atom stereocenters. The van der Waals surface area contributed by atoms with Crippen LogP contribution in [0.15, 0.2) is 36.4 Å². The van der Waals surface area contributed by atoms with Crippen molar-refractivity contribution in [3.8, 4) is 11.5 Å². The highest BCUT2D eigenvalue weighted by Gasteiger charge is 2.33. The zero-order valence-corrected chi connectivity index (χ0v) is 17.3. The first-order valence-corrected chi connectivity index (χ1v) is 9.84. The number of nitrogens with zero attached hydrogens (tertiary/aromatic N) is 1. The maximum atomic E-state index is 11.4. The van der Waals surface area contributed by atoms with Crippen LogP contribution in [0.4, 0.5) is 0 Å². The standard InChI is InChI=1S/C21H23Cl2NO4/c1-27-18-5-3-4-16(20(18)28-2)19(15-7-6-14(22)12-17(15)23)24-10-8-13(9-11-24)21(25)26/h3-7,12-13,19H,8-11H2,1-2H3,(H,25,26). The van der Waals surface area contributed by atoms with E-state index in [2.05, 4.69) is 4.90 Å². The van der Waals surface area contributed by atoms with Gasteiger partial charge in [0.2, 0.25) is 0 Å². The number of carboxylic acid groups (broad SMARTS) is 1. The lowest BCUT2D eigenvalue weighted by Crippen LogP contribution is -2.39. The van der Waals surface area contributed by atoms with Crippen LogP contribution in [0, 0.1) is 5.92 Å². The summed E-state index contributed by atoms with van der Waals surface area (Å²) >= 11 is 12.7. The van der Waals surface area contributed by atoms with Gasteiger partial charge in [0.15, 0.2) is 11.5 Å². The molecule has 1 unspecified atom stereocenters. The molecular weight excluding hydrogens is 401 g/mol. The van der Waals surface area contributed by atoms with E-state index in [9.17, 15) is 9.90 Å². The maximum Gasteiger partial charge on any atom is 0.306 e. The first-order chi connectivity index (χ1) is 13.5. The number of carboxylic acids is 1. The molecule has 0 saturated carbocycles. The van der Waals surface area contributed by atoms with Crippen molar-refractivity contribution in [1.29, 1.82) is 0 Å². The lowest BCUT2D eigenvalue weighted by Gasteiger charge is -2.38. The summed E-state index contributed by atoms with van der Waals surface area (Å²) in [4.78, 5) is 13.6. The number of hydrogen-bond donors (Lipinski definition) is 1. The van der Waals surface area contributed by atoms with Crippen LogP contribution in [0.3, 0.4) is 0 Å². The lowest BCUT2D eigenvalue weighted by molar-refractivity contribution is -0.143. The molecular formula is C21H23Cl2NO4. The molecule has 2 aromatic carbocycles. The lowest BCUT2D eigenvalue weighted by atomic mass is 9.90. The molecule has 1 aliphatic rings. The molecule has 0 bridgehead atoms. The Labute approximate surface area is 174 Å². The van der Waals surface area contributed by atoms with Crippen LogP contribution in [-0.4, -0.2) is 43.3 Å². The fourth-order valence-corrected chi connectivity index (χ4v) is 4.33. The van der Waals surface area contributed by atoms with Crippen molar-refractivity contribution in [3.05, 3.63) is 57.6 Å². The van der Waals surface area contributed by atoms with Gasteiger partial charge in [-0.05, 0) is 49.7 Å². The molecule has 1 fully saturated rings. The van der Waals surface area contributed by atoms with E-state index >= 15 is 0 Å². The first kappa shape index (κ1) is 20.8. The van der Waals surface area contributed by atoms with E-state index in [1.807, 2.05) is 30.3 Å². The van der Waals surface area contributed by atoms with E-state index in [0.29, 0.717) is 47.5 Å². The summed E-state index contributed by atoms with van der Waals surface area (Å²) in [7, 11) is 3.21.